The standard InChI is InChI=1S/C13H14BrClN2O3S/c1-2-11-17(10(6-21-11)12(18)19)13(20)16-9-5-7(15)3-4-8(9)14/h3-5,10-11H,2,6H2,1H3,(H,16,20)(H,18,19). The highest BCUT2D eigenvalue weighted by Crippen LogP contribution is 2.33. The Morgan fingerprint density at radius 3 is 2.90 bits per heavy atom. The quantitative estimate of drug-likeness (QED) is 0.818. The summed E-state index contributed by atoms with van der Waals surface area (Å²) in [5, 5.41) is 12.3. The van der Waals surface area contributed by atoms with E-state index in [-0.39, 0.29) is 5.37 Å². The van der Waals surface area contributed by atoms with Crippen LogP contribution in [-0.4, -0.2) is 39.2 Å². The van der Waals surface area contributed by atoms with Crippen molar-refractivity contribution in [2.24, 2.45) is 0 Å². The highest BCUT2D eigenvalue weighted by atomic mass is 79.9. The minimum atomic E-state index is -0.987. The maximum atomic E-state index is 12.4. The number of benzene rings is 1. The van der Waals surface area contributed by atoms with Crippen molar-refractivity contribution in [1.82, 2.24) is 4.90 Å². The largest absolute Gasteiger partial charge is 0.480 e. The lowest BCUT2D eigenvalue weighted by atomic mass is 10.2. The van der Waals surface area contributed by atoms with Gasteiger partial charge in [0.05, 0.1) is 11.1 Å². The Morgan fingerprint density at radius 2 is 2.29 bits per heavy atom. The molecule has 1 aromatic rings. The number of amides is 2. The summed E-state index contributed by atoms with van der Waals surface area (Å²) in [5.41, 5.74) is 0.517. The van der Waals surface area contributed by atoms with Gasteiger partial charge in [0, 0.05) is 15.2 Å². The number of rotatable bonds is 3. The van der Waals surface area contributed by atoms with Crippen LogP contribution in [0.15, 0.2) is 22.7 Å². The molecular formula is C13H14BrClN2O3S. The number of carboxylic acids is 1. The molecule has 1 fully saturated rings. The zero-order valence-corrected chi connectivity index (χ0v) is 14.3. The van der Waals surface area contributed by atoms with Crippen LogP contribution in [0.5, 0.6) is 0 Å². The summed E-state index contributed by atoms with van der Waals surface area (Å²) in [7, 11) is 0. The number of urea groups is 1. The van der Waals surface area contributed by atoms with Crippen LogP contribution >= 0.6 is 39.3 Å². The van der Waals surface area contributed by atoms with Crippen molar-refractivity contribution in [3.05, 3.63) is 27.7 Å². The number of carbonyl (C=O) groups excluding carboxylic acids is 1. The van der Waals surface area contributed by atoms with Gasteiger partial charge in [-0.3, -0.25) is 4.90 Å². The summed E-state index contributed by atoms with van der Waals surface area (Å²) in [6, 6.07) is 3.80. The van der Waals surface area contributed by atoms with Gasteiger partial charge in [0.25, 0.3) is 0 Å². The fourth-order valence-electron chi connectivity index (χ4n) is 2.11. The Labute approximate surface area is 140 Å². The van der Waals surface area contributed by atoms with Gasteiger partial charge in [-0.2, -0.15) is 0 Å². The third-order valence-corrected chi connectivity index (χ3v) is 5.51. The van der Waals surface area contributed by atoms with Crippen molar-refractivity contribution in [2.75, 3.05) is 11.1 Å². The number of aliphatic carboxylic acids is 1. The molecule has 1 aliphatic heterocycles. The van der Waals surface area contributed by atoms with E-state index in [1.807, 2.05) is 6.92 Å². The molecule has 2 rings (SSSR count). The third kappa shape index (κ3) is 3.64. The summed E-state index contributed by atoms with van der Waals surface area (Å²) < 4.78 is 0.687. The first-order valence-electron chi connectivity index (χ1n) is 6.32. The summed E-state index contributed by atoms with van der Waals surface area (Å²) >= 11 is 10.7. The lowest BCUT2D eigenvalue weighted by Gasteiger charge is -2.27. The Hall–Kier alpha value is -0.920. The van der Waals surface area contributed by atoms with E-state index < -0.39 is 18.0 Å². The van der Waals surface area contributed by atoms with Gasteiger partial charge in [0.2, 0.25) is 0 Å². The lowest BCUT2D eigenvalue weighted by molar-refractivity contribution is -0.141. The summed E-state index contributed by atoms with van der Waals surface area (Å²) in [6.07, 6.45) is 0.693. The van der Waals surface area contributed by atoms with Crippen LogP contribution in [0.1, 0.15) is 13.3 Å². The van der Waals surface area contributed by atoms with Crippen molar-refractivity contribution >= 4 is 57.0 Å². The topological polar surface area (TPSA) is 69.6 Å². The maximum Gasteiger partial charge on any atom is 0.327 e. The molecular weight excluding hydrogens is 380 g/mol. The molecule has 114 valence electrons. The number of carbonyl (C=O) groups is 2. The van der Waals surface area contributed by atoms with Gasteiger partial charge in [-0.1, -0.05) is 18.5 Å². The number of nitrogens with zero attached hydrogens (tertiary/aromatic N) is 1. The minimum absolute atomic E-state index is 0.135. The average Bonchev–Trinajstić information content (AvgIpc) is 2.87. The number of halogens is 2. The predicted molar refractivity (Wildman–Crippen MR) is 88.0 cm³/mol. The number of anilines is 1. The third-order valence-electron chi connectivity index (χ3n) is 3.13. The minimum Gasteiger partial charge on any atom is -0.480 e. The van der Waals surface area contributed by atoms with E-state index in [1.165, 1.54) is 16.7 Å². The molecule has 0 aromatic heterocycles. The van der Waals surface area contributed by atoms with Crippen LogP contribution in [-0.2, 0) is 4.79 Å². The lowest BCUT2D eigenvalue weighted by Crippen LogP contribution is -2.47. The molecule has 2 atom stereocenters. The van der Waals surface area contributed by atoms with Crippen LogP contribution in [0.2, 0.25) is 5.02 Å². The number of carboxylic acid groups (broad SMARTS) is 1. The SMILES string of the molecule is CCC1SCC(C(=O)O)N1C(=O)Nc1cc(Cl)ccc1Br. The number of hydrogen-bond donors (Lipinski definition) is 2. The molecule has 1 aromatic carbocycles. The number of nitrogens with one attached hydrogen (secondary N) is 1. The molecule has 1 heterocycles. The fourth-order valence-corrected chi connectivity index (χ4v) is 3.98. The van der Waals surface area contributed by atoms with Gasteiger partial charge in [-0.25, -0.2) is 9.59 Å². The first kappa shape index (κ1) is 16.5. The van der Waals surface area contributed by atoms with Crippen LogP contribution in [0.4, 0.5) is 10.5 Å². The zero-order valence-electron chi connectivity index (χ0n) is 11.2. The molecule has 21 heavy (non-hydrogen) atoms. The van der Waals surface area contributed by atoms with E-state index in [9.17, 15) is 14.7 Å². The van der Waals surface area contributed by atoms with Crippen molar-refractivity contribution in [1.29, 1.82) is 0 Å². The molecule has 2 unspecified atom stereocenters. The van der Waals surface area contributed by atoms with Crippen LogP contribution in [0.3, 0.4) is 0 Å². The normalized spacial score (nSPS) is 21.4. The summed E-state index contributed by atoms with van der Waals surface area (Å²) in [6.45, 7) is 1.93. The van der Waals surface area contributed by atoms with Gasteiger partial charge < -0.3 is 10.4 Å². The van der Waals surface area contributed by atoms with E-state index in [0.717, 1.165) is 0 Å². The second kappa shape index (κ2) is 6.89. The maximum absolute atomic E-state index is 12.4. The van der Waals surface area contributed by atoms with E-state index in [0.29, 0.717) is 27.4 Å². The summed E-state index contributed by atoms with van der Waals surface area (Å²) in [5.74, 6) is -0.586. The number of thioether (sulfide) groups is 1. The Morgan fingerprint density at radius 1 is 1.57 bits per heavy atom. The molecule has 1 aliphatic rings. The average molecular weight is 394 g/mol. The Kier molecular flexibility index (Phi) is 5.40. The highest BCUT2D eigenvalue weighted by molar-refractivity contribution is 9.10. The first-order chi connectivity index (χ1) is 9.93. The molecule has 0 aliphatic carbocycles. The predicted octanol–water partition coefficient (Wildman–Crippen LogP) is 3.87. The highest BCUT2D eigenvalue weighted by Gasteiger charge is 2.40. The molecule has 0 saturated carbocycles. The monoisotopic (exact) mass is 392 g/mol. The second-order valence-corrected chi connectivity index (χ2v) is 7.01. The van der Waals surface area contributed by atoms with Gasteiger partial charge in [0.15, 0.2) is 0 Å². The van der Waals surface area contributed by atoms with Gasteiger partial charge in [-0.15, -0.1) is 11.8 Å². The van der Waals surface area contributed by atoms with Crippen molar-refractivity contribution in [2.45, 2.75) is 24.8 Å². The molecule has 5 nitrogen and oxygen atoms in total. The molecule has 8 heteroatoms. The molecule has 0 spiro atoms. The number of hydrogen-bond acceptors (Lipinski definition) is 3. The Balaban J connectivity index is 2.21. The molecule has 2 N–H and O–H groups in total. The van der Waals surface area contributed by atoms with Gasteiger partial charge in [0.1, 0.15) is 6.04 Å². The molecule has 2 amide bonds. The van der Waals surface area contributed by atoms with Crippen LogP contribution in [0, 0.1) is 0 Å². The van der Waals surface area contributed by atoms with Crippen LogP contribution < -0.4 is 5.32 Å². The van der Waals surface area contributed by atoms with Crippen LogP contribution in [0.25, 0.3) is 0 Å². The zero-order chi connectivity index (χ0) is 15.6. The summed E-state index contributed by atoms with van der Waals surface area (Å²) in [4.78, 5) is 25.1. The van der Waals surface area contributed by atoms with Crippen molar-refractivity contribution < 1.29 is 14.7 Å². The fraction of sp³-hybridized carbons (Fsp3) is 0.385. The smallest absolute Gasteiger partial charge is 0.327 e. The molecule has 1 saturated heterocycles. The molecule has 0 bridgehead atoms. The first-order valence-corrected chi connectivity index (χ1v) is 8.54. The van der Waals surface area contributed by atoms with E-state index >= 15 is 0 Å². The van der Waals surface area contributed by atoms with Crippen molar-refractivity contribution in [3.8, 4) is 0 Å². The van der Waals surface area contributed by atoms with Gasteiger partial charge in [-0.05, 0) is 40.5 Å². The van der Waals surface area contributed by atoms with Gasteiger partial charge >= 0.3 is 12.0 Å². The van der Waals surface area contributed by atoms with E-state index in [1.54, 1.807) is 18.2 Å². The van der Waals surface area contributed by atoms with Crippen molar-refractivity contribution in [3.63, 3.8) is 0 Å². The van der Waals surface area contributed by atoms with E-state index in [4.69, 9.17) is 11.6 Å². The molecule has 0 radical (unpaired) electrons. The Bertz CT molecular complexity index is 572. The van der Waals surface area contributed by atoms with E-state index in [2.05, 4.69) is 21.2 Å². The second-order valence-electron chi connectivity index (χ2n) is 4.51.